The summed E-state index contributed by atoms with van der Waals surface area (Å²) in [5, 5.41) is 3.56. The molecule has 0 saturated heterocycles. The minimum atomic E-state index is 0.730. The Morgan fingerprint density at radius 3 is 2.47 bits per heavy atom. The molecule has 17 heavy (non-hydrogen) atoms. The van der Waals surface area contributed by atoms with Crippen molar-refractivity contribution in [1.29, 1.82) is 0 Å². The van der Waals surface area contributed by atoms with Crippen LogP contribution in [0.4, 0.5) is 0 Å². The molecule has 2 heteroatoms. The van der Waals surface area contributed by atoms with Gasteiger partial charge in [0.1, 0.15) is 0 Å². The standard InChI is InChI=1S/C15H30N2/c1-4-6-12-9-10-14(16-2)15(11-12)17(3)13-7-5-8-13/h12-16H,4-11H2,1-3H3. The molecule has 0 radical (unpaired) electrons. The Balaban J connectivity index is 1.93. The molecule has 3 atom stereocenters. The predicted molar refractivity (Wildman–Crippen MR) is 74.3 cm³/mol. The van der Waals surface area contributed by atoms with Gasteiger partial charge in [0.2, 0.25) is 0 Å². The van der Waals surface area contributed by atoms with Crippen LogP contribution < -0.4 is 5.32 Å². The molecule has 0 aromatic carbocycles. The van der Waals surface area contributed by atoms with Gasteiger partial charge in [-0.05, 0) is 52.1 Å². The number of likely N-dealkylation sites (N-methyl/N-ethyl adjacent to an activating group) is 2. The molecule has 2 aliphatic carbocycles. The van der Waals surface area contributed by atoms with Crippen molar-refractivity contribution in [3.05, 3.63) is 0 Å². The molecular weight excluding hydrogens is 208 g/mol. The van der Waals surface area contributed by atoms with Gasteiger partial charge in [0.25, 0.3) is 0 Å². The third kappa shape index (κ3) is 3.03. The van der Waals surface area contributed by atoms with Crippen LogP contribution in [-0.2, 0) is 0 Å². The Morgan fingerprint density at radius 2 is 1.94 bits per heavy atom. The predicted octanol–water partition coefficient (Wildman–Crippen LogP) is 3.03. The summed E-state index contributed by atoms with van der Waals surface area (Å²) in [4.78, 5) is 2.70. The average molecular weight is 238 g/mol. The highest BCUT2D eigenvalue weighted by atomic mass is 15.2. The summed E-state index contributed by atoms with van der Waals surface area (Å²) in [5.74, 6) is 0.983. The molecule has 0 aliphatic heterocycles. The highest BCUT2D eigenvalue weighted by Crippen LogP contribution is 2.34. The second kappa shape index (κ2) is 6.19. The molecule has 0 aromatic rings. The molecule has 0 spiro atoms. The van der Waals surface area contributed by atoms with Crippen LogP contribution >= 0.6 is 0 Å². The van der Waals surface area contributed by atoms with Crippen LogP contribution in [0.25, 0.3) is 0 Å². The van der Waals surface area contributed by atoms with Gasteiger partial charge in [-0.15, -0.1) is 0 Å². The molecule has 2 nitrogen and oxygen atoms in total. The molecule has 1 N–H and O–H groups in total. The van der Waals surface area contributed by atoms with Gasteiger partial charge in [-0.3, -0.25) is 4.90 Å². The van der Waals surface area contributed by atoms with E-state index in [1.54, 1.807) is 0 Å². The van der Waals surface area contributed by atoms with E-state index >= 15 is 0 Å². The van der Waals surface area contributed by atoms with E-state index in [1.165, 1.54) is 51.4 Å². The van der Waals surface area contributed by atoms with Gasteiger partial charge >= 0.3 is 0 Å². The summed E-state index contributed by atoms with van der Waals surface area (Å²) >= 11 is 0. The topological polar surface area (TPSA) is 15.3 Å². The van der Waals surface area contributed by atoms with Crippen LogP contribution in [0.1, 0.15) is 58.3 Å². The fraction of sp³-hybridized carbons (Fsp3) is 1.00. The van der Waals surface area contributed by atoms with Crippen molar-refractivity contribution in [3.8, 4) is 0 Å². The van der Waals surface area contributed by atoms with Crippen LogP contribution in [0.3, 0.4) is 0 Å². The molecule has 0 heterocycles. The third-order valence-corrected chi connectivity index (χ3v) is 5.17. The number of rotatable bonds is 5. The number of hydrogen-bond donors (Lipinski definition) is 1. The van der Waals surface area contributed by atoms with Gasteiger partial charge in [-0.1, -0.05) is 26.2 Å². The van der Waals surface area contributed by atoms with Crippen molar-refractivity contribution >= 4 is 0 Å². The highest BCUT2D eigenvalue weighted by Gasteiger charge is 2.35. The Morgan fingerprint density at radius 1 is 1.18 bits per heavy atom. The number of hydrogen-bond acceptors (Lipinski definition) is 2. The van der Waals surface area contributed by atoms with Crippen molar-refractivity contribution in [2.24, 2.45) is 5.92 Å². The van der Waals surface area contributed by atoms with E-state index in [0.29, 0.717) is 0 Å². The Bertz CT molecular complexity index is 225. The van der Waals surface area contributed by atoms with Crippen molar-refractivity contribution in [3.63, 3.8) is 0 Å². The van der Waals surface area contributed by atoms with E-state index in [-0.39, 0.29) is 0 Å². The van der Waals surface area contributed by atoms with Crippen LogP contribution in [0.2, 0.25) is 0 Å². The summed E-state index contributed by atoms with van der Waals surface area (Å²) in [7, 11) is 4.51. The lowest BCUT2D eigenvalue weighted by molar-refractivity contribution is 0.0512. The van der Waals surface area contributed by atoms with Crippen molar-refractivity contribution in [1.82, 2.24) is 10.2 Å². The first-order valence-corrected chi connectivity index (χ1v) is 7.65. The smallest absolute Gasteiger partial charge is 0.0251 e. The zero-order chi connectivity index (χ0) is 12.3. The summed E-state index contributed by atoms with van der Waals surface area (Å²) < 4.78 is 0. The molecule has 2 saturated carbocycles. The first-order valence-electron chi connectivity index (χ1n) is 7.65. The highest BCUT2D eigenvalue weighted by molar-refractivity contribution is 4.93. The molecule has 0 amide bonds. The fourth-order valence-corrected chi connectivity index (χ4v) is 3.75. The van der Waals surface area contributed by atoms with Gasteiger partial charge in [0.05, 0.1) is 0 Å². The molecule has 0 bridgehead atoms. The molecule has 2 fully saturated rings. The van der Waals surface area contributed by atoms with Crippen LogP contribution in [-0.4, -0.2) is 37.1 Å². The van der Waals surface area contributed by atoms with Crippen molar-refractivity contribution in [2.75, 3.05) is 14.1 Å². The zero-order valence-electron chi connectivity index (χ0n) is 11.9. The molecular formula is C15H30N2. The van der Waals surface area contributed by atoms with E-state index in [4.69, 9.17) is 0 Å². The molecule has 2 rings (SSSR count). The van der Waals surface area contributed by atoms with E-state index in [9.17, 15) is 0 Å². The second-order valence-corrected chi connectivity index (χ2v) is 6.18. The number of nitrogens with zero attached hydrogens (tertiary/aromatic N) is 1. The lowest BCUT2D eigenvalue weighted by Crippen LogP contribution is -2.55. The molecule has 0 aromatic heterocycles. The quantitative estimate of drug-likeness (QED) is 0.792. The van der Waals surface area contributed by atoms with Gasteiger partial charge in [0.15, 0.2) is 0 Å². The van der Waals surface area contributed by atoms with Crippen LogP contribution in [0.5, 0.6) is 0 Å². The normalized spacial score (nSPS) is 34.9. The number of nitrogens with one attached hydrogen (secondary N) is 1. The molecule has 100 valence electrons. The van der Waals surface area contributed by atoms with Crippen LogP contribution in [0, 0.1) is 5.92 Å². The lowest BCUT2D eigenvalue weighted by atomic mass is 9.78. The second-order valence-electron chi connectivity index (χ2n) is 6.18. The average Bonchev–Trinajstić information content (AvgIpc) is 2.27. The van der Waals surface area contributed by atoms with Crippen molar-refractivity contribution < 1.29 is 0 Å². The summed E-state index contributed by atoms with van der Waals surface area (Å²) in [6, 6.07) is 2.40. The van der Waals surface area contributed by atoms with E-state index in [1.807, 2.05) is 0 Å². The monoisotopic (exact) mass is 238 g/mol. The maximum Gasteiger partial charge on any atom is 0.0251 e. The first kappa shape index (κ1) is 13.4. The van der Waals surface area contributed by atoms with Crippen LogP contribution in [0.15, 0.2) is 0 Å². The first-order chi connectivity index (χ1) is 8.26. The zero-order valence-corrected chi connectivity index (χ0v) is 11.9. The van der Waals surface area contributed by atoms with E-state index < -0.39 is 0 Å². The van der Waals surface area contributed by atoms with Gasteiger partial charge in [0, 0.05) is 18.1 Å². The largest absolute Gasteiger partial charge is 0.315 e. The molecule has 2 aliphatic rings. The Hall–Kier alpha value is -0.0800. The van der Waals surface area contributed by atoms with Crippen molar-refractivity contribution in [2.45, 2.75) is 76.4 Å². The van der Waals surface area contributed by atoms with Gasteiger partial charge in [-0.2, -0.15) is 0 Å². The third-order valence-electron chi connectivity index (χ3n) is 5.17. The van der Waals surface area contributed by atoms with E-state index in [0.717, 1.165) is 24.0 Å². The minimum Gasteiger partial charge on any atom is -0.315 e. The maximum absolute atomic E-state index is 3.56. The van der Waals surface area contributed by atoms with E-state index in [2.05, 4.69) is 31.2 Å². The van der Waals surface area contributed by atoms with Gasteiger partial charge < -0.3 is 5.32 Å². The SMILES string of the molecule is CCCC1CCC(NC)C(N(C)C2CCC2)C1. The summed E-state index contributed by atoms with van der Waals surface area (Å²) in [6.45, 7) is 2.33. The minimum absolute atomic E-state index is 0.730. The Kier molecular flexibility index (Phi) is 4.87. The maximum atomic E-state index is 3.56. The van der Waals surface area contributed by atoms with Gasteiger partial charge in [-0.25, -0.2) is 0 Å². The fourth-order valence-electron chi connectivity index (χ4n) is 3.75. The lowest BCUT2D eigenvalue weighted by Gasteiger charge is -2.47. The summed E-state index contributed by atoms with van der Waals surface area (Å²) in [6.07, 6.45) is 11.3. The Labute approximate surface area is 107 Å². The molecule has 3 unspecified atom stereocenters. The summed E-state index contributed by atoms with van der Waals surface area (Å²) in [5.41, 5.74) is 0.